The Balaban J connectivity index is 1.10. The lowest BCUT2D eigenvalue weighted by Gasteiger charge is -2.10. The van der Waals surface area contributed by atoms with Crippen molar-refractivity contribution in [1.82, 2.24) is 0 Å². The van der Waals surface area contributed by atoms with Crippen LogP contribution in [0.3, 0.4) is 0 Å². The molecule has 0 heterocycles. The molecule has 0 aromatic heterocycles. The smallest absolute Gasteiger partial charge is 0.358 e. The van der Waals surface area contributed by atoms with E-state index in [0.29, 0.717) is 35.7 Å². The number of ketones is 2. The van der Waals surface area contributed by atoms with E-state index in [2.05, 4.69) is 0 Å². The van der Waals surface area contributed by atoms with Crippen molar-refractivity contribution in [3.8, 4) is 17.2 Å². The van der Waals surface area contributed by atoms with Gasteiger partial charge in [0.2, 0.25) is 0 Å². The standard InChI is InChI=1S/C35H28O6/c36-32-19-26(15-17-30(32)34(38)27-7-3-1-4-8-27)22-40-21-24-11-13-25(14-12-24)23-41-29-16-18-31(33(37)20-29)35(39)28-9-5-2-6-10-28/h1-20,36-37H,21-23H2/p+1. The van der Waals surface area contributed by atoms with E-state index in [4.69, 9.17) is 9.47 Å². The number of ether oxygens (including phenoxy) is 2. The average Bonchev–Trinajstić information content (AvgIpc) is 3.01. The Labute approximate surface area is 238 Å². The predicted octanol–water partition coefficient (Wildman–Crippen LogP) is 6.57. The van der Waals surface area contributed by atoms with E-state index in [1.54, 1.807) is 66.7 Å². The lowest BCUT2D eigenvalue weighted by atomic mass is 10.0. The summed E-state index contributed by atoms with van der Waals surface area (Å²) in [5, 5.41) is 20.8. The van der Waals surface area contributed by atoms with Crippen LogP contribution in [0.15, 0.2) is 121 Å². The van der Waals surface area contributed by atoms with Gasteiger partial charge < -0.3 is 19.7 Å². The lowest BCUT2D eigenvalue weighted by molar-refractivity contribution is 0.103. The van der Waals surface area contributed by atoms with Gasteiger partial charge in [-0.2, -0.15) is 0 Å². The van der Waals surface area contributed by atoms with E-state index < -0.39 is 0 Å². The molecular formula is C35H29O6+. The predicted molar refractivity (Wildman–Crippen MR) is 157 cm³/mol. The van der Waals surface area contributed by atoms with Crippen LogP contribution in [-0.2, 0) is 24.6 Å². The van der Waals surface area contributed by atoms with E-state index in [1.807, 2.05) is 48.5 Å². The van der Waals surface area contributed by atoms with Crippen molar-refractivity contribution in [3.05, 3.63) is 160 Å². The minimum Gasteiger partial charge on any atom is -0.507 e. The molecule has 204 valence electrons. The van der Waals surface area contributed by atoms with Crippen LogP contribution in [0.5, 0.6) is 17.2 Å². The number of carbonyl (C=O) groups is 1. The summed E-state index contributed by atoms with van der Waals surface area (Å²) in [5.74, 6) is 0.119. The molecule has 3 N–H and O–H groups in total. The molecule has 5 aromatic rings. The molecule has 0 amide bonds. The Morgan fingerprint density at radius 3 is 1.76 bits per heavy atom. The molecule has 0 unspecified atom stereocenters. The maximum atomic E-state index is 12.6. The summed E-state index contributed by atoms with van der Waals surface area (Å²) < 4.78 is 11.6. The highest BCUT2D eigenvalue weighted by Gasteiger charge is 2.20. The van der Waals surface area contributed by atoms with Crippen molar-refractivity contribution in [2.75, 3.05) is 0 Å². The molecule has 41 heavy (non-hydrogen) atoms. The third kappa shape index (κ3) is 6.87. The molecule has 0 atom stereocenters. The van der Waals surface area contributed by atoms with Crippen molar-refractivity contribution in [2.45, 2.75) is 19.8 Å². The summed E-state index contributed by atoms with van der Waals surface area (Å²) in [6.45, 7) is 0.972. The Bertz CT molecular complexity index is 1640. The van der Waals surface area contributed by atoms with E-state index >= 15 is 0 Å². The van der Waals surface area contributed by atoms with Crippen LogP contribution in [0, 0.1) is 0 Å². The quantitative estimate of drug-likeness (QED) is 0.145. The van der Waals surface area contributed by atoms with Gasteiger partial charge in [-0.1, -0.05) is 78.9 Å². The topological polar surface area (TPSA) is 97.4 Å². The first-order chi connectivity index (χ1) is 20.0. The zero-order chi connectivity index (χ0) is 28.6. The van der Waals surface area contributed by atoms with Gasteiger partial charge in [0.25, 0.3) is 0 Å². The van der Waals surface area contributed by atoms with Crippen molar-refractivity contribution in [3.63, 3.8) is 0 Å². The summed E-state index contributed by atoms with van der Waals surface area (Å²) in [6, 6.07) is 35.4. The van der Waals surface area contributed by atoms with Gasteiger partial charge in [-0.05, 0) is 53.1 Å². The van der Waals surface area contributed by atoms with Crippen LogP contribution in [0.2, 0.25) is 0 Å². The maximum Gasteiger partial charge on any atom is 0.358 e. The van der Waals surface area contributed by atoms with E-state index in [9.17, 15) is 19.8 Å². The van der Waals surface area contributed by atoms with Crippen LogP contribution < -0.4 is 4.74 Å². The largest absolute Gasteiger partial charge is 0.507 e. The van der Waals surface area contributed by atoms with E-state index in [-0.39, 0.29) is 35.2 Å². The number of carbonyl (C=O) groups excluding carboxylic acids is 2. The number of hydrogen-bond acceptors (Lipinski definition) is 5. The molecule has 0 bridgehead atoms. The molecule has 0 aliphatic rings. The Morgan fingerprint density at radius 2 is 1.12 bits per heavy atom. The maximum absolute atomic E-state index is 12.6. The second-order valence-corrected chi connectivity index (χ2v) is 9.54. The molecule has 0 saturated carbocycles. The fourth-order valence-corrected chi connectivity index (χ4v) is 4.34. The molecule has 5 rings (SSSR count). The summed E-state index contributed by atoms with van der Waals surface area (Å²) in [4.78, 5) is 23.1. The summed E-state index contributed by atoms with van der Waals surface area (Å²) in [7, 11) is 0. The zero-order valence-corrected chi connectivity index (χ0v) is 22.2. The first-order valence-electron chi connectivity index (χ1n) is 13.1. The zero-order valence-electron chi connectivity index (χ0n) is 22.2. The Morgan fingerprint density at radius 1 is 0.585 bits per heavy atom. The molecule has 6 nitrogen and oxygen atoms in total. The molecule has 0 saturated heterocycles. The minimum atomic E-state index is -0.227. The molecule has 0 fully saturated rings. The molecule has 0 spiro atoms. The summed E-state index contributed by atoms with van der Waals surface area (Å²) >= 11 is 0. The SMILES string of the molecule is O=C(c1ccccc1)c1ccc(COCc2ccc(COc3ccc(C(=[OH+])c4ccccc4)c(O)c3)cc2)cc1O. The fourth-order valence-electron chi connectivity index (χ4n) is 4.34. The van der Waals surface area contributed by atoms with Crippen LogP contribution in [0.4, 0.5) is 0 Å². The van der Waals surface area contributed by atoms with Gasteiger partial charge in [0.1, 0.15) is 29.4 Å². The molecular weight excluding hydrogens is 516 g/mol. The molecule has 0 aliphatic carbocycles. The van der Waals surface area contributed by atoms with Gasteiger partial charge >= 0.3 is 5.78 Å². The first kappa shape index (κ1) is 27.4. The second-order valence-electron chi connectivity index (χ2n) is 9.54. The van der Waals surface area contributed by atoms with Gasteiger partial charge in [0.05, 0.1) is 24.3 Å². The van der Waals surface area contributed by atoms with Crippen molar-refractivity contribution in [2.24, 2.45) is 0 Å². The normalized spacial score (nSPS) is 10.7. The number of aromatic hydroxyl groups is 2. The Hall–Kier alpha value is -5.20. The van der Waals surface area contributed by atoms with Gasteiger partial charge in [-0.3, -0.25) is 9.59 Å². The number of hydrogen-bond donors (Lipinski definition) is 2. The number of benzene rings is 5. The van der Waals surface area contributed by atoms with Crippen LogP contribution in [0.1, 0.15) is 43.7 Å². The number of phenols is 2. The van der Waals surface area contributed by atoms with E-state index in [1.165, 1.54) is 6.07 Å². The van der Waals surface area contributed by atoms with Gasteiger partial charge in [0, 0.05) is 11.6 Å². The van der Waals surface area contributed by atoms with E-state index in [0.717, 1.165) is 16.7 Å². The molecule has 5 aromatic carbocycles. The van der Waals surface area contributed by atoms with Crippen LogP contribution >= 0.6 is 0 Å². The number of phenolic OH excluding ortho intramolecular Hbond substituents is 2. The number of rotatable bonds is 11. The minimum absolute atomic E-state index is 0.000524. The van der Waals surface area contributed by atoms with Gasteiger partial charge in [-0.25, -0.2) is 0 Å². The highest BCUT2D eigenvalue weighted by atomic mass is 16.5. The first-order valence-corrected chi connectivity index (χ1v) is 13.1. The van der Waals surface area contributed by atoms with Crippen LogP contribution in [0.25, 0.3) is 0 Å². The average molecular weight is 546 g/mol. The van der Waals surface area contributed by atoms with Crippen molar-refractivity contribution >= 4 is 11.6 Å². The molecule has 0 aliphatic heterocycles. The Kier molecular flexibility index (Phi) is 8.52. The summed E-state index contributed by atoms with van der Waals surface area (Å²) in [5.41, 5.74) is 4.41. The molecule has 6 heteroatoms. The third-order valence-electron chi connectivity index (χ3n) is 6.58. The lowest BCUT2D eigenvalue weighted by Crippen LogP contribution is -2.03. The van der Waals surface area contributed by atoms with Crippen molar-refractivity contribution < 1.29 is 29.3 Å². The fraction of sp³-hybridized carbons (Fsp3) is 0.0857. The molecule has 0 radical (unpaired) electrons. The van der Waals surface area contributed by atoms with Gasteiger partial charge in [-0.15, -0.1) is 0 Å². The highest BCUT2D eigenvalue weighted by Crippen LogP contribution is 2.27. The monoisotopic (exact) mass is 545 g/mol. The summed E-state index contributed by atoms with van der Waals surface area (Å²) in [6.07, 6.45) is 0. The van der Waals surface area contributed by atoms with Crippen LogP contribution in [-0.4, -0.2) is 26.6 Å². The highest BCUT2D eigenvalue weighted by molar-refractivity contribution is 6.11. The third-order valence-corrected chi connectivity index (χ3v) is 6.58. The van der Waals surface area contributed by atoms with Crippen molar-refractivity contribution in [1.29, 1.82) is 0 Å². The second kappa shape index (κ2) is 12.8. The van der Waals surface area contributed by atoms with Gasteiger partial charge in [0.15, 0.2) is 5.78 Å².